The van der Waals surface area contributed by atoms with Crippen molar-refractivity contribution in [2.45, 2.75) is 112 Å². The highest BCUT2D eigenvalue weighted by molar-refractivity contribution is 5.69. The average Bonchev–Trinajstić information content (AvgIpc) is 3.06. The number of rotatable bonds is 8. The molecule has 0 heterocycles. The van der Waals surface area contributed by atoms with Gasteiger partial charge >= 0.3 is 5.97 Å². The normalized spacial score (nSPS) is 45.4. The molecule has 0 aromatic carbocycles. The summed E-state index contributed by atoms with van der Waals surface area (Å²) in [6.45, 7) is 13.3. The fourth-order valence-corrected chi connectivity index (χ4v) is 8.66. The van der Waals surface area contributed by atoms with Crippen LogP contribution in [0, 0.1) is 52.3 Å². The molecule has 3 aliphatic carbocycles. The van der Waals surface area contributed by atoms with Crippen molar-refractivity contribution in [3.8, 4) is 0 Å². The van der Waals surface area contributed by atoms with Gasteiger partial charge in [0.05, 0.1) is 18.1 Å². The summed E-state index contributed by atoms with van der Waals surface area (Å²) < 4.78 is 0. The van der Waals surface area contributed by atoms with Crippen molar-refractivity contribution in [3.05, 3.63) is 0 Å². The van der Waals surface area contributed by atoms with Gasteiger partial charge < -0.3 is 15.3 Å². The van der Waals surface area contributed by atoms with E-state index in [0.29, 0.717) is 35.5 Å². The lowest BCUT2D eigenvalue weighted by molar-refractivity contribution is -0.155. The van der Waals surface area contributed by atoms with Crippen molar-refractivity contribution in [1.29, 1.82) is 0 Å². The maximum atomic E-state index is 11.4. The first kappa shape index (κ1) is 25.0. The Morgan fingerprint density at radius 3 is 2.42 bits per heavy atom. The van der Waals surface area contributed by atoms with Crippen LogP contribution in [0.1, 0.15) is 99.3 Å². The zero-order chi connectivity index (χ0) is 23.1. The zero-order valence-corrected chi connectivity index (χ0v) is 20.8. The standard InChI is InChI=1S/C27H48O4/c1-7-19(28)10-12-26(5)15-18(4)24(29)23-21(26)11-13-27(6)20(8-9-22(23)27)16(2)14-17(3)25(30)31/h16-24,28-29H,7-15H2,1-6H3,(H,30,31)/t16-,17?,18-,19+,20-,21?,22?,23?,24-,26+,27-/m1/s1. The van der Waals surface area contributed by atoms with Gasteiger partial charge in [-0.1, -0.05) is 41.5 Å². The molecule has 0 bridgehead atoms. The van der Waals surface area contributed by atoms with Crippen LogP contribution in [0.25, 0.3) is 0 Å². The summed E-state index contributed by atoms with van der Waals surface area (Å²) in [6.07, 6.45) is 8.82. The van der Waals surface area contributed by atoms with E-state index in [-0.39, 0.29) is 29.0 Å². The fourth-order valence-electron chi connectivity index (χ4n) is 8.66. The number of aliphatic hydroxyl groups is 2. The average molecular weight is 437 g/mol. The number of carbonyl (C=O) groups is 1. The quantitative estimate of drug-likeness (QED) is 0.453. The predicted molar refractivity (Wildman–Crippen MR) is 125 cm³/mol. The molecular weight excluding hydrogens is 388 g/mol. The van der Waals surface area contributed by atoms with Gasteiger partial charge in [0.2, 0.25) is 0 Å². The van der Waals surface area contributed by atoms with Gasteiger partial charge in [-0.3, -0.25) is 4.79 Å². The molecule has 4 nitrogen and oxygen atoms in total. The highest BCUT2D eigenvalue weighted by atomic mass is 16.4. The summed E-state index contributed by atoms with van der Waals surface area (Å²) in [5.74, 6) is 1.70. The third kappa shape index (κ3) is 4.58. The predicted octanol–water partition coefficient (Wildman–Crippen LogP) is 5.75. The van der Waals surface area contributed by atoms with E-state index in [1.54, 1.807) is 0 Å². The van der Waals surface area contributed by atoms with Crippen molar-refractivity contribution in [3.63, 3.8) is 0 Å². The van der Waals surface area contributed by atoms with Crippen LogP contribution >= 0.6 is 0 Å². The highest BCUT2D eigenvalue weighted by Crippen LogP contribution is 2.67. The lowest BCUT2D eigenvalue weighted by Gasteiger charge is -2.60. The molecule has 3 fully saturated rings. The maximum Gasteiger partial charge on any atom is 0.306 e. The third-order valence-electron chi connectivity index (χ3n) is 10.4. The number of hydrogen-bond donors (Lipinski definition) is 3. The number of carboxylic acids is 1. The van der Waals surface area contributed by atoms with E-state index in [0.717, 1.165) is 38.5 Å². The molecule has 0 radical (unpaired) electrons. The van der Waals surface area contributed by atoms with E-state index in [4.69, 9.17) is 0 Å². The summed E-state index contributed by atoms with van der Waals surface area (Å²) in [7, 11) is 0. The minimum absolute atomic E-state index is 0.197. The lowest BCUT2D eigenvalue weighted by Crippen LogP contribution is -2.56. The van der Waals surface area contributed by atoms with Crippen molar-refractivity contribution in [1.82, 2.24) is 0 Å². The molecule has 11 atom stereocenters. The van der Waals surface area contributed by atoms with Crippen LogP contribution in [0.3, 0.4) is 0 Å². The van der Waals surface area contributed by atoms with Crippen LogP contribution in [0.15, 0.2) is 0 Å². The van der Waals surface area contributed by atoms with Gasteiger partial charge in [0.25, 0.3) is 0 Å². The Kier molecular flexibility index (Phi) is 7.53. The topological polar surface area (TPSA) is 77.8 Å². The number of aliphatic hydroxyl groups excluding tert-OH is 2. The SMILES string of the molecule is CC[C@H](O)CC[C@@]1(C)C[C@@H](C)[C@@H](O)C2C1CC[C@@]1(C)C2CC[C@@H]1[C@H](C)CC(C)C(=O)O. The molecule has 3 aliphatic rings. The Balaban J connectivity index is 1.81. The molecule has 180 valence electrons. The van der Waals surface area contributed by atoms with E-state index < -0.39 is 5.97 Å². The third-order valence-corrected chi connectivity index (χ3v) is 10.4. The summed E-state index contributed by atoms with van der Waals surface area (Å²) >= 11 is 0. The largest absolute Gasteiger partial charge is 0.481 e. The first-order chi connectivity index (χ1) is 14.4. The van der Waals surface area contributed by atoms with Crippen LogP contribution in [0.4, 0.5) is 0 Å². The molecule has 4 unspecified atom stereocenters. The smallest absolute Gasteiger partial charge is 0.306 e. The minimum atomic E-state index is -0.684. The Bertz CT molecular complexity index is 635. The van der Waals surface area contributed by atoms with E-state index in [1.165, 1.54) is 19.3 Å². The van der Waals surface area contributed by atoms with Crippen molar-refractivity contribution in [2.24, 2.45) is 52.3 Å². The Hall–Kier alpha value is -0.610. The Morgan fingerprint density at radius 1 is 1.13 bits per heavy atom. The molecule has 3 N–H and O–H groups in total. The van der Waals surface area contributed by atoms with Gasteiger partial charge in [-0.25, -0.2) is 0 Å². The molecule has 0 saturated heterocycles. The van der Waals surface area contributed by atoms with E-state index in [1.807, 2.05) is 6.92 Å². The number of fused-ring (bicyclic) bond motifs is 3. The van der Waals surface area contributed by atoms with Crippen LogP contribution in [0.5, 0.6) is 0 Å². The number of carboxylic acid groups (broad SMARTS) is 1. The second kappa shape index (κ2) is 9.33. The highest BCUT2D eigenvalue weighted by Gasteiger charge is 2.61. The Morgan fingerprint density at radius 2 is 1.81 bits per heavy atom. The summed E-state index contributed by atoms with van der Waals surface area (Å²) in [4.78, 5) is 11.4. The fraction of sp³-hybridized carbons (Fsp3) is 0.963. The van der Waals surface area contributed by atoms with Gasteiger partial charge in [-0.05, 0) is 104 Å². The van der Waals surface area contributed by atoms with Gasteiger partial charge in [0, 0.05) is 0 Å². The summed E-state index contributed by atoms with van der Waals surface area (Å²) in [5.41, 5.74) is 0.406. The number of hydrogen-bond acceptors (Lipinski definition) is 3. The van der Waals surface area contributed by atoms with Gasteiger partial charge in [-0.15, -0.1) is 0 Å². The van der Waals surface area contributed by atoms with Gasteiger partial charge in [-0.2, -0.15) is 0 Å². The molecule has 0 aliphatic heterocycles. The van der Waals surface area contributed by atoms with Gasteiger partial charge in [0.1, 0.15) is 0 Å². The molecule has 0 aromatic heterocycles. The maximum absolute atomic E-state index is 11.4. The second-order valence-corrected chi connectivity index (χ2v) is 12.4. The number of aliphatic carboxylic acids is 1. The molecule has 3 saturated carbocycles. The monoisotopic (exact) mass is 436 g/mol. The van der Waals surface area contributed by atoms with E-state index >= 15 is 0 Å². The van der Waals surface area contributed by atoms with Crippen molar-refractivity contribution >= 4 is 5.97 Å². The second-order valence-electron chi connectivity index (χ2n) is 12.4. The van der Waals surface area contributed by atoms with Gasteiger partial charge in [0.15, 0.2) is 0 Å². The zero-order valence-electron chi connectivity index (χ0n) is 20.8. The van der Waals surface area contributed by atoms with E-state index in [9.17, 15) is 20.1 Å². The molecule has 4 heteroatoms. The molecule has 31 heavy (non-hydrogen) atoms. The summed E-state index contributed by atoms with van der Waals surface area (Å²) in [5, 5.41) is 31.0. The van der Waals surface area contributed by atoms with Crippen LogP contribution < -0.4 is 0 Å². The molecular formula is C27H48O4. The first-order valence-corrected chi connectivity index (χ1v) is 13.0. The molecule has 0 spiro atoms. The minimum Gasteiger partial charge on any atom is -0.481 e. The Labute approximate surface area is 190 Å². The van der Waals surface area contributed by atoms with Crippen LogP contribution in [-0.2, 0) is 4.79 Å². The molecule has 0 amide bonds. The van der Waals surface area contributed by atoms with Crippen molar-refractivity contribution < 1.29 is 20.1 Å². The first-order valence-electron chi connectivity index (χ1n) is 13.0. The van der Waals surface area contributed by atoms with Crippen LogP contribution in [-0.4, -0.2) is 33.5 Å². The molecule has 3 rings (SSSR count). The summed E-state index contributed by atoms with van der Waals surface area (Å²) in [6, 6.07) is 0. The van der Waals surface area contributed by atoms with Crippen molar-refractivity contribution in [2.75, 3.05) is 0 Å². The van der Waals surface area contributed by atoms with Crippen LogP contribution in [0.2, 0.25) is 0 Å². The van der Waals surface area contributed by atoms with E-state index in [2.05, 4.69) is 34.6 Å². The lowest BCUT2D eigenvalue weighted by atomic mass is 9.46. The molecule has 0 aromatic rings.